The fourth-order valence-corrected chi connectivity index (χ4v) is 1.40. The summed E-state index contributed by atoms with van der Waals surface area (Å²) in [6.45, 7) is 2.20. The second-order valence-electron chi connectivity index (χ2n) is 3.10. The van der Waals surface area contributed by atoms with E-state index in [1.54, 1.807) is 7.11 Å². The molecule has 0 bridgehead atoms. The Labute approximate surface area is 67.3 Å². The van der Waals surface area contributed by atoms with Crippen LogP contribution in [0.25, 0.3) is 0 Å². The van der Waals surface area contributed by atoms with Crippen molar-refractivity contribution >= 4 is 0 Å². The lowest BCUT2D eigenvalue weighted by Gasteiger charge is -2.32. The zero-order valence-corrected chi connectivity index (χ0v) is 7.12. The lowest BCUT2D eigenvalue weighted by atomic mass is 9.99. The third kappa shape index (κ3) is 2.15. The number of rotatable bonds is 2. The van der Waals surface area contributed by atoms with E-state index in [1.807, 2.05) is 0 Å². The van der Waals surface area contributed by atoms with Gasteiger partial charge in [-0.1, -0.05) is 6.92 Å². The summed E-state index contributed by atoms with van der Waals surface area (Å²) in [5.41, 5.74) is 0. The topological polar surface area (TPSA) is 38.7 Å². The van der Waals surface area contributed by atoms with E-state index in [0.717, 1.165) is 12.8 Å². The quantitative estimate of drug-likeness (QED) is 0.648. The number of aliphatic hydroxyl groups excluding tert-OH is 1. The molecule has 3 heteroatoms. The molecule has 0 aromatic rings. The Morgan fingerprint density at radius 2 is 2.27 bits per heavy atom. The van der Waals surface area contributed by atoms with Crippen molar-refractivity contribution in [3.05, 3.63) is 0 Å². The molecule has 0 aromatic carbocycles. The molecule has 1 rings (SSSR count). The number of aliphatic hydroxyl groups is 1. The minimum Gasteiger partial charge on any atom is -0.394 e. The van der Waals surface area contributed by atoms with Gasteiger partial charge in [0.05, 0.1) is 12.7 Å². The molecule has 3 nitrogen and oxygen atoms in total. The monoisotopic (exact) mass is 160 g/mol. The van der Waals surface area contributed by atoms with E-state index in [-0.39, 0.29) is 19.0 Å². The summed E-state index contributed by atoms with van der Waals surface area (Å²) in [5, 5.41) is 8.81. The van der Waals surface area contributed by atoms with Crippen LogP contribution in [0.3, 0.4) is 0 Å². The van der Waals surface area contributed by atoms with Crippen LogP contribution in [0, 0.1) is 5.92 Å². The van der Waals surface area contributed by atoms with Crippen LogP contribution >= 0.6 is 0 Å². The van der Waals surface area contributed by atoms with Gasteiger partial charge in [0.2, 0.25) is 0 Å². The lowest BCUT2D eigenvalue weighted by molar-refractivity contribution is -0.212. The fourth-order valence-electron chi connectivity index (χ4n) is 1.40. The molecule has 3 atom stereocenters. The second kappa shape index (κ2) is 4.04. The summed E-state index contributed by atoms with van der Waals surface area (Å²) in [5.74, 6) is 0.447. The predicted octanol–water partition coefficient (Wildman–Crippen LogP) is 0.766. The van der Waals surface area contributed by atoms with Gasteiger partial charge in [-0.15, -0.1) is 0 Å². The molecular formula is C8H16O3. The highest BCUT2D eigenvalue weighted by Crippen LogP contribution is 2.24. The maximum atomic E-state index is 8.81. The molecular weight excluding hydrogens is 144 g/mol. The first-order valence-electron chi connectivity index (χ1n) is 4.07. The maximum absolute atomic E-state index is 8.81. The van der Waals surface area contributed by atoms with Crippen molar-refractivity contribution in [1.82, 2.24) is 0 Å². The molecule has 1 aliphatic heterocycles. The van der Waals surface area contributed by atoms with Crippen LogP contribution in [-0.4, -0.2) is 31.2 Å². The van der Waals surface area contributed by atoms with Gasteiger partial charge in [0.15, 0.2) is 6.29 Å². The molecule has 1 saturated heterocycles. The third-order valence-electron chi connectivity index (χ3n) is 2.17. The van der Waals surface area contributed by atoms with Crippen molar-refractivity contribution in [2.75, 3.05) is 13.7 Å². The standard InChI is InChI=1S/C8H16O3/c1-6-3-4-7(5-9)11-8(6)10-2/h6-9H,3-5H2,1-2H3/t6-,7-,8-/m0/s1. The number of hydrogen-bond donors (Lipinski definition) is 1. The van der Waals surface area contributed by atoms with Crippen molar-refractivity contribution in [1.29, 1.82) is 0 Å². The van der Waals surface area contributed by atoms with Crippen LogP contribution in [0.5, 0.6) is 0 Å². The SMILES string of the molecule is CO[C@H]1O[C@H](CO)CC[C@@H]1C. The van der Waals surface area contributed by atoms with Crippen LogP contribution in [0.15, 0.2) is 0 Å². The van der Waals surface area contributed by atoms with Gasteiger partial charge in [-0.05, 0) is 12.8 Å². The molecule has 0 amide bonds. The molecule has 1 N–H and O–H groups in total. The van der Waals surface area contributed by atoms with Gasteiger partial charge in [0.25, 0.3) is 0 Å². The Balaban J connectivity index is 2.37. The Morgan fingerprint density at radius 1 is 1.55 bits per heavy atom. The molecule has 0 radical (unpaired) electrons. The van der Waals surface area contributed by atoms with Crippen molar-refractivity contribution in [3.63, 3.8) is 0 Å². The van der Waals surface area contributed by atoms with Gasteiger partial charge in [0.1, 0.15) is 0 Å². The molecule has 11 heavy (non-hydrogen) atoms. The number of methoxy groups -OCH3 is 1. The Hall–Kier alpha value is -0.120. The summed E-state index contributed by atoms with van der Waals surface area (Å²) in [6.07, 6.45) is 1.87. The first kappa shape index (κ1) is 8.97. The summed E-state index contributed by atoms with van der Waals surface area (Å²) in [7, 11) is 1.64. The molecule has 0 aliphatic carbocycles. The summed E-state index contributed by atoms with van der Waals surface area (Å²) >= 11 is 0. The van der Waals surface area contributed by atoms with E-state index >= 15 is 0 Å². The van der Waals surface area contributed by atoms with Crippen LogP contribution in [-0.2, 0) is 9.47 Å². The highest BCUT2D eigenvalue weighted by molar-refractivity contribution is 4.70. The molecule has 0 unspecified atom stereocenters. The van der Waals surface area contributed by atoms with Gasteiger partial charge in [-0.25, -0.2) is 0 Å². The van der Waals surface area contributed by atoms with Crippen LogP contribution in [0.1, 0.15) is 19.8 Å². The Morgan fingerprint density at radius 3 is 2.82 bits per heavy atom. The average molecular weight is 160 g/mol. The summed E-state index contributed by atoms with van der Waals surface area (Å²) in [4.78, 5) is 0. The summed E-state index contributed by atoms with van der Waals surface area (Å²) < 4.78 is 10.5. The molecule has 0 saturated carbocycles. The molecule has 0 spiro atoms. The molecule has 0 aromatic heterocycles. The van der Waals surface area contributed by atoms with E-state index in [9.17, 15) is 0 Å². The van der Waals surface area contributed by atoms with Crippen LogP contribution in [0.4, 0.5) is 0 Å². The minimum atomic E-state index is -0.124. The molecule has 1 heterocycles. The molecule has 66 valence electrons. The van der Waals surface area contributed by atoms with Crippen molar-refractivity contribution in [2.24, 2.45) is 5.92 Å². The van der Waals surface area contributed by atoms with Gasteiger partial charge in [0, 0.05) is 13.0 Å². The first-order valence-corrected chi connectivity index (χ1v) is 4.07. The van der Waals surface area contributed by atoms with Crippen LogP contribution < -0.4 is 0 Å². The zero-order valence-electron chi connectivity index (χ0n) is 7.12. The zero-order chi connectivity index (χ0) is 8.27. The number of hydrogen-bond acceptors (Lipinski definition) is 3. The average Bonchev–Trinajstić information content (AvgIpc) is 2.05. The molecule has 1 aliphatic rings. The Kier molecular flexibility index (Phi) is 3.30. The first-order chi connectivity index (χ1) is 5.27. The highest BCUT2D eigenvalue weighted by atomic mass is 16.7. The van der Waals surface area contributed by atoms with Crippen LogP contribution in [0.2, 0.25) is 0 Å². The van der Waals surface area contributed by atoms with E-state index < -0.39 is 0 Å². The molecule has 1 fully saturated rings. The fraction of sp³-hybridized carbons (Fsp3) is 1.00. The van der Waals surface area contributed by atoms with E-state index in [0.29, 0.717) is 5.92 Å². The second-order valence-corrected chi connectivity index (χ2v) is 3.10. The van der Waals surface area contributed by atoms with Crippen molar-refractivity contribution in [3.8, 4) is 0 Å². The van der Waals surface area contributed by atoms with E-state index in [2.05, 4.69) is 6.92 Å². The van der Waals surface area contributed by atoms with Gasteiger partial charge >= 0.3 is 0 Å². The normalized spacial score (nSPS) is 39.0. The lowest BCUT2D eigenvalue weighted by Crippen LogP contribution is -2.36. The maximum Gasteiger partial charge on any atom is 0.160 e. The Bertz CT molecular complexity index is 116. The third-order valence-corrected chi connectivity index (χ3v) is 2.17. The predicted molar refractivity (Wildman–Crippen MR) is 41.2 cm³/mol. The smallest absolute Gasteiger partial charge is 0.160 e. The van der Waals surface area contributed by atoms with Gasteiger partial charge in [-0.3, -0.25) is 0 Å². The van der Waals surface area contributed by atoms with E-state index in [1.165, 1.54) is 0 Å². The highest BCUT2D eigenvalue weighted by Gasteiger charge is 2.27. The summed E-state index contributed by atoms with van der Waals surface area (Å²) in [6, 6.07) is 0. The van der Waals surface area contributed by atoms with Crippen molar-refractivity contribution in [2.45, 2.75) is 32.2 Å². The largest absolute Gasteiger partial charge is 0.394 e. The van der Waals surface area contributed by atoms with Gasteiger partial charge < -0.3 is 14.6 Å². The van der Waals surface area contributed by atoms with Gasteiger partial charge in [-0.2, -0.15) is 0 Å². The van der Waals surface area contributed by atoms with E-state index in [4.69, 9.17) is 14.6 Å². The van der Waals surface area contributed by atoms with Crippen molar-refractivity contribution < 1.29 is 14.6 Å². The minimum absolute atomic E-state index is 0.0175. The number of ether oxygens (including phenoxy) is 2.